The highest BCUT2D eigenvalue weighted by Crippen LogP contribution is 2.46. The summed E-state index contributed by atoms with van der Waals surface area (Å²) >= 11 is 0. The Labute approximate surface area is 71.1 Å². The molecular formula is C9H9N3. The topological polar surface area (TPSA) is 49.6 Å². The number of nitriles is 1. The first-order valence-electron chi connectivity index (χ1n) is 4.03. The summed E-state index contributed by atoms with van der Waals surface area (Å²) in [7, 11) is 0. The lowest BCUT2D eigenvalue weighted by Crippen LogP contribution is -1.90. The summed E-state index contributed by atoms with van der Waals surface area (Å²) in [5, 5.41) is 8.46. The minimum absolute atomic E-state index is 0.257. The highest BCUT2D eigenvalue weighted by atomic mass is 14.9. The molecule has 1 aliphatic carbocycles. The van der Waals surface area contributed by atoms with Crippen molar-refractivity contribution in [3.63, 3.8) is 0 Å². The molecule has 0 saturated heterocycles. The van der Waals surface area contributed by atoms with Crippen molar-refractivity contribution in [1.82, 2.24) is 9.97 Å². The normalized spacial score (nSPS) is 26.3. The van der Waals surface area contributed by atoms with E-state index in [0.717, 1.165) is 5.92 Å². The van der Waals surface area contributed by atoms with Crippen LogP contribution in [0.15, 0.2) is 12.4 Å². The van der Waals surface area contributed by atoms with Crippen molar-refractivity contribution in [1.29, 1.82) is 5.26 Å². The smallest absolute Gasteiger partial charge is 0.227 e. The quantitative estimate of drug-likeness (QED) is 0.623. The number of rotatable bonds is 1. The maximum absolute atomic E-state index is 8.46. The fourth-order valence-corrected chi connectivity index (χ4v) is 1.37. The van der Waals surface area contributed by atoms with E-state index >= 15 is 0 Å². The van der Waals surface area contributed by atoms with Crippen LogP contribution in [-0.4, -0.2) is 9.97 Å². The number of aromatic nitrogens is 2. The molecule has 1 aromatic heterocycles. The molecule has 0 radical (unpaired) electrons. The Morgan fingerprint density at radius 3 is 2.50 bits per heavy atom. The first-order valence-corrected chi connectivity index (χ1v) is 4.03. The largest absolute Gasteiger partial charge is 0.232 e. The van der Waals surface area contributed by atoms with Crippen molar-refractivity contribution in [2.45, 2.75) is 19.3 Å². The van der Waals surface area contributed by atoms with E-state index in [9.17, 15) is 0 Å². The number of hydrogen-bond acceptors (Lipinski definition) is 3. The van der Waals surface area contributed by atoms with E-state index in [2.05, 4.69) is 16.9 Å². The van der Waals surface area contributed by atoms with Crippen molar-refractivity contribution >= 4 is 0 Å². The van der Waals surface area contributed by atoms with E-state index in [1.54, 1.807) is 12.4 Å². The van der Waals surface area contributed by atoms with E-state index in [1.165, 1.54) is 12.0 Å². The van der Waals surface area contributed by atoms with E-state index in [1.807, 2.05) is 6.07 Å². The van der Waals surface area contributed by atoms with Crippen molar-refractivity contribution in [2.24, 2.45) is 5.92 Å². The molecule has 1 saturated carbocycles. The third-order valence-corrected chi connectivity index (χ3v) is 2.31. The molecule has 2 rings (SSSR count). The minimum atomic E-state index is 0.257. The van der Waals surface area contributed by atoms with Crippen LogP contribution in [0, 0.1) is 17.2 Å². The van der Waals surface area contributed by atoms with E-state index in [-0.39, 0.29) is 5.82 Å². The molecular weight excluding hydrogens is 150 g/mol. The predicted octanol–water partition coefficient (Wildman–Crippen LogP) is 1.47. The van der Waals surface area contributed by atoms with Gasteiger partial charge >= 0.3 is 0 Å². The van der Waals surface area contributed by atoms with Gasteiger partial charge in [0.2, 0.25) is 5.82 Å². The molecule has 2 atom stereocenters. The molecule has 1 fully saturated rings. The van der Waals surface area contributed by atoms with Crippen molar-refractivity contribution in [3.8, 4) is 6.07 Å². The van der Waals surface area contributed by atoms with Gasteiger partial charge in [-0.05, 0) is 23.8 Å². The Morgan fingerprint density at radius 1 is 1.50 bits per heavy atom. The van der Waals surface area contributed by atoms with Gasteiger partial charge in [-0.25, -0.2) is 9.97 Å². The second-order valence-corrected chi connectivity index (χ2v) is 3.27. The summed E-state index contributed by atoms with van der Waals surface area (Å²) in [6, 6.07) is 1.90. The maximum atomic E-state index is 8.46. The van der Waals surface area contributed by atoms with Crippen molar-refractivity contribution in [2.75, 3.05) is 0 Å². The zero-order chi connectivity index (χ0) is 8.55. The first kappa shape index (κ1) is 7.23. The van der Waals surface area contributed by atoms with Gasteiger partial charge in [0.05, 0.1) is 0 Å². The van der Waals surface area contributed by atoms with Gasteiger partial charge in [-0.2, -0.15) is 5.26 Å². The molecule has 60 valence electrons. The third kappa shape index (κ3) is 1.16. The van der Waals surface area contributed by atoms with Gasteiger partial charge in [0.15, 0.2) is 0 Å². The fraction of sp³-hybridized carbons (Fsp3) is 0.444. The monoisotopic (exact) mass is 159 g/mol. The summed E-state index contributed by atoms with van der Waals surface area (Å²) < 4.78 is 0. The van der Waals surface area contributed by atoms with Crippen molar-refractivity contribution < 1.29 is 0 Å². The van der Waals surface area contributed by atoms with Crippen LogP contribution in [0.5, 0.6) is 0 Å². The molecule has 0 aliphatic heterocycles. The molecule has 0 N–H and O–H groups in total. The average Bonchev–Trinajstić information content (AvgIpc) is 2.83. The summed E-state index contributed by atoms with van der Waals surface area (Å²) in [4.78, 5) is 7.84. The molecule has 1 aromatic rings. The molecule has 12 heavy (non-hydrogen) atoms. The van der Waals surface area contributed by atoms with E-state index in [0.29, 0.717) is 5.92 Å². The summed E-state index contributed by atoms with van der Waals surface area (Å²) in [6.07, 6.45) is 4.76. The minimum Gasteiger partial charge on any atom is -0.227 e. The molecule has 1 aliphatic rings. The molecule has 0 spiro atoms. The molecule has 3 heteroatoms. The fourth-order valence-electron chi connectivity index (χ4n) is 1.37. The summed E-state index contributed by atoms with van der Waals surface area (Å²) in [5.74, 6) is 1.66. The van der Waals surface area contributed by atoms with Gasteiger partial charge in [-0.1, -0.05) is 6.92 Å². The second-order valence-electron chi connectivity index (χ2n) is 3.27. The Bertz CT molecular complexity index is 323. The maximum Gasteiger partial charge on any atom is 0.232 e. The van der Waals surface area contributed by atoms with Gasteiger partial charge in [-0.3, -0.25) is 0 Å². The van der Waals surface area contributed by atoms with Crippen molar-refractivity contribution in [3.05, 3.63) is 23.8 Å². The first-order chi connectivity index (χ1) is 5.81. The predicted molar refractivity (Wildman–Crippen MR) is 43.3 cm³/mol. The number of nitrogens with zero attached hydrogens (tertiary/aromatic N) is 3. The lowest BCUT2D eigenvalue weighted by Gasteiger charge is -1.95. The second kappa shape index (κ2) is 2.56. The van der Waals surface area contributed by atoms with Crippen LogP contribution in [0.3, 0.4) is 0 Å². The zero-order valence-corrected chi connectivity index (χ0v) is 6.86. The lowest BCUT2D eigenvalue weighted by molar-refractivity contribution is 0.896. The SMILES string of the molecule is CC1CC1c1cnc(C#N)nc1. The van der Waals surface area contributed by atoms with Crippen LogP contribution in [0.1, 0.15) is 30.7 Å². The molecule has 0 bridgehead atoms. The number of hydrogen-bond donors (Lipinski definition) is 0. The molecule has 3 nitrogen and oxygen atoms in total. The highest BCUT2D eigenvalue weighted by molar-refractivity contribution is 5.21. The van der Waals surface area contributed by atoms with Gasteiger partial charge in [0, 0.05) is 12.4 Å². The Hall–Kier alpha value is -1.43. The van der Waals surface area contributed by atoms with Crippen LogP contribution in [0.25, 0.3) is 0 Å². The van der Waals surface area contributed by atoms with Crippen LogP contribution < -0.4 is 0 Å². The third-order valence-electron chi connectivity index (χ3n) is 2.31. The Balaban J connectivity index is 2.21. The summed E-state index contributed by atoms with van der Waals surface area (Å²) in [5.41, 5.74) is 1.17. The highest BCUT2D eigenvalue weighted by Gasteiger charge is 2.34. The van der Waals surface area contributed by atoms with Gasteiger partial charge in [-0.15, -0.1) is 0 Å². The van der Waals surface area contributed by atoms with Crippen LogP contribution in [0.2, 0.25) is 0 Å². The standard InChI is InChI=1S/C9H9N3/c1-6-2-8(6)7-4-11-9(3-10)12-5-7/h4-6,8H,2H2,1H3. The van der Waals surface area contributed by atoms with Gasteiger partial charge in [0.1, 0.15) is 6.07 Å². The van der Waals surface area contributed by atoms with Crippen LogP contribution >= 0.6 is 0 Å². The van der Waals surface area contributed by atoms with Crippen LogP contribution in [0.4, 0.5) is 0 Å². The average molecular weight is 159 g/mol. The molecule has 1 heterocycles. The molecule has 2 unspecified atom stereocenters. The Morgan fingerprint density at radius 2 is 2.08 bits per heavy atom. The van der Waals surface area contributed by atoms with Gasteiger partial charge < -0.3 is 0 Å². The lowest BCUT2D eigenvalue weighted by atomic mass is 10.2. The van der Waals surface area contributed by atoms with E-state index in [4.69, 9.17) is 5.26 Å². The van der Waals surface area contributed by atoms with Crippen LogP contribution in [-0.2, 0) is 0 Å². The van der Waals surface area contributed by atoms with E-state index < -0.39 is 0 Å². The zero-order valence-electron chi connectivity index (χ0n) is 6.86. The Kier molecular flexibility index (Phi) is 1.54. The summed E-state index contributed by atoms with van der Waals surface area (Å²) in [6.45, 7) is 2.21. The van der Waals surface area contributed by atoms with Gasteiger partial charge in [0.25, 0.3) is 0 Å². The molecule has 0 aromatic carbocycles. The molecule has 0 amide bonds.